The van der Waals surface area contributed by atoms with Gasteiger partial charge in [-0.05, 0) is 18.5 Å². The molecule has 78 valence electrons. The molecule has 0 nitrogen and oxygen atoms in total. The number of rotatable bonds is 5. The van der Waals surface area contributed by atoms with Gasteiger partial charge in [-0.25, -0.2) is 0 Å². The van der Waals surface area contributed by atoms with Crippen LogP contribution in [0.4, 0.5) is 0 Å². The third kappa shape index (κ3) is 12.0. The lowest BCUT2D eigenvalue weighted by Gasteiger charge is -1.82. The molecule has 0 aliphatic heterocycles. The van der Waals surface area contributed by atoms with Crippen LogP contribution >= 0.6 is 16.5 Å². The summed E-state index contributed by atoms with van der Waals surface area (Å²) in [5.41, 5.74) is 6.48. The van der Waals surface area contributed by atoms with Crippen molar-refractivity contribution in [2.75, 3.05) is 0 Å². The number of hydrogen-bond donors (Lipinski definition) is 0. The Kier molecular flexibility index (Phi) is 13.0. The van der Waals surface area contributed by atoms with E-state index in [1.54, 1.807) is 0 Å². The van der Waals surface area contributed by atoms with E-state index in [0.717, 1.165) is 21.1 Å². The monoisotopic (exact) mass is 227 g/mol. The Balaban J connectivity index is 3.24. The quantitative estimate of drug-likeness (QED) is 0.373. The molecule has 0 saturated heterocycles. The highest BCUT2D eigenvalue weighted by atomic mass is 32.0. The molecule has 0 saturated carbocycles. The van der Waals surface area contributed by atoms with Crippen molar-refractivity contribution < 1.29 is 0 Å². The summed E-state index contributed by atoms with van der Waals surface area (Å²) < 4.78 is 0. The topological polar surface area (TPSA) is 0 Å². The fourth-order valence-electron chi connectivity index (χ4n) is 0.839. The van der Waals surface area contributed by atoms with Gasteiger partial charge in [0.2, 0.25) is 0 Å². The Labute approximate surface area is 92.5 Å². The normalized spacial score (nSPS) is 10.1. The zero-order valence-electron chi connectivity index (χ0n) is 9.32. The van der Waals surface area contributed by atoms with Gasteiger partial charge in [-0.3, -0.25) is 0 Å². The third-order valence-corrected chi connectivity index (χ3v) is 3.83. The minimum atomic E-state index is 0.295. The van der Waals surface area contributed by atoms with Crippen molar-refractivity contribution in [1.82, 2.24) is 0 Å². The van der Waals surface area contributed by atoms with Crippen molar-refractivity contribution in [2.24, 2.45) is 0 Å². The molecule has 0 aromatic rings. The summed E-state index contributed by atoms with van der Waals surface area (Å²) in [5, 5.41) is 0. The van der Waals surface area contributed by atoms with Crippen molar-refractivity contribution in [2.45, 2.75) is 52.4 Å². The first-order valence-corrected chi connectivity index (χ1v) is 8.84. The molecule has 0 N–H and O–H groups in total. The zero-order valence-corrected chi connectivity index (χ0v) is 11.5. The second kappa shape index (κ2) is 13.0. The maximum Gasteiger partial charge on any atom is 0.128 e. The molecule has 2 atom stereocenters. The van der Waals surface area contributed by atoms with E-state index < -0.39 is 0 Å². The van der Waals surface area contributed by atoms with Gasteiger partial charge in [-0.1, -0.05) is 38.5 Å². The van der Waals surface area contributed by atoms with Crippen molar-refractivity contribution in [3.05, 3.63) is 0 Å². The van der Waals surface area contributed by atoms with Crippen LogP contribution in [0.3, 0.4) is 0 Å². The average Bonchev–Trinajstić information content (AvgIpc) is 2.21. The smallest absolute Gasteiger partial charge is 0.0952 e. The van der Waals surface area contributed by atoms with Crippen LogP contribution in [0.25, 0.3) is 0 Å². The van der Waals surface area contributed by atoms with Gasteiger partial charge in [-0.15, -0.1) is 0 Å². The molecule has 0 aliphatic rings. The van der Waals surface area contributed by atoms with Gasteiger partial charge >= 0.3 is 0 Å². The van der Waals surface area contributed by atoms with Crippen molar-refractivity contribution in [3.63, 3.8) is 0 Å². The lowest BCUT2D eigenvalue weighted by molar-refractivity contribution is 0.828. The third-order valence-electron chi connectivity index (χ3n) is 1.72. The Morgan fingerprint density at radius 1 is 1.00 bits per heavy atom. The van der Waals surface area contributed by atoms with E-state index in [1.165, 1.54) is 25.7 Å². The van der Waals surface area contributed by atoms with Gasteiger partial charge in [0.25, 0.3) is 0 Å². The van der Waals surface area contributed by atoms with Gasteiger partial charge in [0, 0.05) is 12.8 Å². The molecule has 0 aliphatic carbocycles. The Bertz CT molecular complexity index is 198. The molecule has 0 heterocycles. The van der Waals surface area contributed by atoms with Crippen LogP contribution in [0.5, 0.6) is 0 Å². The van der Waals surface area contributed by atoms with E-state index >= 15 is 0 Å². The molecular formula is C12H21P2+. The summed E-state index contributed by atoms with van der Waals surface area (Å²) in [5.74, 6) is 6.42. The molecule has 0 spiro atoms. The molecule has 0 rings (SSSR count). The van der Waals surface area contributed by atoms with Crippen LogP contribution in [-0.4, -0.2) is 0 Å². The molecule has 0 fully saturated rings. The Morgan fingerprint density at radius 2 is 1.64 bits per heavy atom. The maximum atomic E-state index is 3.25. The van der Waals surface area contributed by atoms with Crippen LogP contribution < -0.4 is 0 Å². The first kappa shape index (κ1) is 14.0. The highest BCUT2D eigenvalue weighted by Gasteiger charge is 1.83. The first-order valence-electron chi connectivity index (χ1n) is 5.45. The van der Waals surface area contributed by atoms with Crippen LogP contribution in [0.15, 0.2) is 0 Å². The minimum Gasteiger partial charge on any atom is -0.0952 e. The van der Waals surface area contributed by atoms with E-state index in [9.17, 15) is 0 Å². The van der Waals surface area contributed by atoms with E-state index in [0.29, 0.717) is 8.27 Å². The summed E-state index contributed by atoms with van der Waals surface area (Å²) in [6.45, 7) is 4.41. The van der Waals surface area contributed by atoms with Crippen LogP contribution in [0.2, 0.25) is 0 Å². The summed E-state index contributed by atoms with van der Waals surface area (Å²) >= 11 is 0. The average molecular weight is 227 g/mol. The maximum absolute atomic E-state index is 3.25. The van der Waals surface area contributed by atoms with E-state index in [4.69, 9.17) is 0 Å². The van der Waals surface area contributed by atoms with E-state index in [1.807, 2.05) is 0 Å². The van der Waals surface area contributed by atoms with Crippen molar-refractivity contribution >= 4 is 16.5 Å². The summed E-state index contributed by atoms with van der Waals surface area (Å²) in [6.07, 6.45) is 7.15. The molecule has 2 unspecified atom stereocenters. The molecule has 14 heavy (non-hydrogen) atoms. The summed E-state index contributed by atoms with van der Waals surface area (Å²) in [7, 11) is 1.10. The Morgan fingerprint density at radius 3 is 2.29 bits per heavy atom. The SMILES string of the molecule is CCCCC#CP[PH2+]C#CCCCC. The summed E-state index contributed by atoms with van der Waals surface area (Å²) in [4.78, 5) is 0. The van der Waals surface area contributed by atoms with Gasteiger partial charge in [-0.2, -0.15) is 0 Å². The largest absolute Gasteiger partial charge is 0.128 e. The van der Waals surface area contributed by atoms with Crippen molar-refractivity contribution in [1.29, 1.82) is 0 Å². The van der Waals surface area contributed by atoms with Crippen LogP contribution in [0, 0.1) is 23.2 Å². The second-order valence-corrected chi connectivity index (χ2v) is 5.97. The number of hydrogen-bond acceptors (Lipinski definition) is 0. The predicted octanol–water partition coefficient (Wildman–Crippen LogP) is 4.29. The molecule has 0 bridgehead atoms. The molecule has 0 aromatic heterocycles. The van der Waals surface area contributed by atoms with Crippen LogP contribution in [-0.2, 0) is 0 Å². The second-order valence-electron chi connectivity index (χ2n) is 3.12. The minimum absolute atomic E-state index is 0.295. The van der Waals surface area contributed by atoms with Gasteiger partial charge in [0.05, 0.1) is 13.9 Å². The van der Waals surface area contributed by atoms with Crippen molar-refractivity contribution in [3.8, 4) is 23.2 Å². The lowest BCUT2D eigenvalue weighted by Crippen LogP contribution is -1.64. The fourth-order valence-corrected chi connectivity index (χ4v) is 2.50. The molecule has 2 heteroatoms. The molecular weight excluding hydrogens is 206 g/mol. The molecule has 0 radical (unpaired) electrons. The first-order chi connectivity index (χ1) is 6.91. The lowest BCUT2D eigenvalue weighted by atomic mass is 10.3. The molecule has 0 aromatic carbocycles. The summed E-state index contributed by atoms with van der Waals surface area (Å²) in [6, 6.07) is 0. The highest BCUT2D eigenvalue weighted by Crippen LogP contribution is 2.33. The number of unbranched alkanes of at least 4 members (excludes halogenated alkanes) is 4. The van der Waals surface area contributed by atoms with Gasteiger partial charge < -0.3 is 0 Å². The zero-order chi connectivity index (χ0) is 10.5. The van der Waals surface area contributed by atoms with E-state index in [-0.39, 0.29) is 0 Å². The predicted molar refractivity (Wildman–Crippen MR) is 72.6 cm³/mol. The highest BCUT2D eigenvalue weighted by molar-refractivity contribution is 8.16. The van der Waals surface area contributed by atoms with E-state index in [2.05, 4.69) is 37.0 Å². The molecule has 0 amide bonds. The standard InChI is InChI=1S/C12H20P2/c1-3-5-7-9-11-13-14-12-10-8-6-4-2/h13-14H,3-8H2,1-2H3/p+1. The van der Waals surface area contributed by atoms with Crippen LogP contribution in [0.1, 0.15) is 52.4 Å². The van der Waals surface area contributed by atoms with Gasteiger partial charge in [0.1, 0.15) is 8.27 Å². The Hall–Kier alpha value is -0.0200. The van der Waals surface area contributed by atoms with Gasteiger partial charge in [0.15, 0.2) is 0 Å². The fraction of sp³-hybridized carbons (Fsp3) is 0.667.